The molecule has 0 fully saturated rings. The summed E-state index contributed by atoms with van der Waals surface area (Å²) < 4.78 is 0. The Labute approximate surface area is 72.5 Å². The second-order valence-electron chi connectivity index (χ2n) is 2.84. The summed E-state index contributed by atoms with van der Waals surface area (Å²) in [5.41, 5.74) is 18.0. The number of hydrogen-bond donors (Lipinski definition) is 3. The number of rotatable bonds is 3. The van der Waals surface area contributed by atoms with Crippen LogP contribution in [-0.4, -0.2) is 12.6 Å². The Morgan fingerprint density at radius 3 is 2.17 bits per heavy atom. The summed E-state index contributed by atoms with van der Waals surface area (Å²) in [7, 11) is 0. The van der Waals surface area contributed by atoms with Crippen LogP contribution in [0.15, 0.2) is 30.3 Å². The zero-order valence-corrected chi connectivity index (χ0v) is 6.98. The summed E-state index contributed by atoms with van der Waals surface area (Å²) >= 11 is 0. The van der Waals surface area contributed by atoms with Gasteiger partial charge in [0.05, 0.1) is 0 Å². The minimum Gasteiger partial charge on any atom is -0.329 e. The third kappa shape index (κ3) is 2.04. The van der Waals surface area contributed by atoms with Crippen molar-refractivity contribution < 1.29 is 0 Å². The van der Waals surface area contributed by atoms with E-state index in [0.29, 0.717) is 6.54 Å². The van der Waals surface area contributed by atoms with Crippen LogP contribution in [0.3, 0.4) is 0 Å². The molecule has 1 aromatic carbocycles. The zero-order valence-electron chi connectivity index (χ0n) is 6.98. The molecule has 6 N–H and O–H groups in total. The van der Waals surface area contributed by atoms with Crippen molar-refractivity contribution in [2.75, 3.05) is 6.54 Å². The van der Waals surface area contributed by atoms with Gasteiger partial charge < -0.3 is 17.2 Å². The van der Waals surface area contributed by atoms with Gasteiger partial charge in [-0.3, -0.25) is 0 Å². The van der Waals surface area contributed by atoms with Crippen molar-refractivity contribution in [1.29, 1.82) is 0 Å². The lowest BCUT2D eigenvalue weighted by Gasteiger charge is -2.17. The predicted molar refractivity (Wildman–Crippen MR) is 50.4 cm³/mol. The van der Waals surface area contributed by atoms with Gasteiger partial charge in [0.15, 0.2) is 0 Å². The van der Waals surface area contributed by atoms with Crippen LogP contribution >= 0.6 is 0 Å². The molecule has 66 valence electrons. The molecule has 0 aliphatic rings. The average molecular weight is 165 g/mol. The lowest BCUT2D eigenvalue weighted by molar-refractivity contribution is 0.555. The lowest BCUT2D eigenvalue weighted by Crippen LogP contribution is -2.40. The molecule has 0 heterocycles. The van der Waals surface area contributed by atoms with Gasteiger partial charge >= 0.3 is 0 Å². The first-order chi connectivity index (χ1) is 5.75. The van der Waals surface area contributed by atoms with Crippen molar-refractivity contribution >= 4 is 0 Å². The summed E-state index contributed by atoms with van der Waals surface area (Å²) in [6.45, 7) is 0.413. The van der Waals surface area contributed by atoms with Gasteiger partial charge in [-0.2, -0.15) is 0 Å². The highest BCUT2D eigenvalue weighted by atomic mass is 14.8. The SMILES string of the molecule is NCC(N)C(N)c1ccccc1. The quantitative estimate of drug-likeness (QED) is 0.588. The first kappa shape index (κ1) is 9.19. The van der Waals surface area contributed by atoms with E-state index >= 15 is 0 Å². The molecular weight excluding hydrogens is 150 g/mol. The van der Waals surface area contributed by atoms with Crippen LogP contribution in [0.1, 0.15) is 11.6 Å². The fourth-order valence-corrected chi connectivity index (χ4v) is 1.07. The highest BCUT2D eigenvalue weighted by Gasteiger charge is 2.12. The van der Waals surface area contributed by atoms with Crippen LogP contribution in [0, 0.1) is 0 Å². The minimum atomic E-state index is -0.160. The Kier molecular flexibility index (Phi) is 3.22. The molecule has 3 nitrogen and oxygen atoms in total. The maximum atomic E-state index is 5.84. The molecule has 2 unspecified atom stereocenters. The van der Waals surface area contributed by atoms with Gasteiger partial charge in [-0.15, -0.1) is 0 Å². The first-order valence-electron chi connectivity index (χ1n) is 4.02. The van der Waals surface area contributed by atoms with Gasteiger partial charge in [-0.1, -0.05) is 30.3 Å². The molecule has 0 saturated carbocycles. The van der Waals surface area contributed by atoms with Crippen LogP contribution in [0.25, 0.3) is 0 Å². The fraction of sp³-hybridized carbons (Fsp3) is 0.333. The lowest BCUT2D eigenvalue weighted by atomic mass is 10.0. The third-order valence-corrected chi connectivity index (χ3v) is 1.92. The molecule has 12 heavy (non-hydrogen) atoms. The summed E-state index contributed by atoms with van der Waals surface area (Å²) in [5, 5.41) is 0. The summed E-state index contributed by atoms with van der Waals surface area (Å²) in [6, 6.07) is 9.44. The highest BCUT2D eigenvalue weighted by Crippen LogP contribution is 2.11. The first-order valence-corrected chi connectivity index (χ1v) is 4.02. The summed E-state index contributed by atoms with van der Waals surface area (Å²) in [5.74, 6) is 0. The van der Waals surface area contributed by atoms with E-state index in [4.69, 9.17) is 17.2 Å². The molecule has 0 amide bonds. The second kappa shape index (κ2) is 4.21. The Morgan fingerprint density at radius 2 is 1.67 bits per heavy atom. The predicted octanol–water partition coefficient (Wildman–Crippen LogP) is -0.0276. The van der Waals surface area contributed by atoms with E-state index in [-0.39, 0.29) is 12.1 Å². The molecule has 0 aliphatic heterocycles. The van der Waals surface area contributed by atoms with Crippen LogP contribution in [0.5, 0.6) is 0 Å². The maximum Gasteiger partial charge on any atom is 0.0461 e. The Hall–Kier alpha value is -0.900. The van der Waals surface area contributed by atoms with E-state index in [0.717, 1.165) is 5.56 Å². The van der Waals surface area contributed by atoms with Gasteiger partial charge in [0.2, 0.25) is 0 Å². The number of hydrogen-bond acceptors (Lipinski definition) is 3. The van der Waals surface area contributed by atoms with E-state index < -0.39 is 0 Å². The van der Waals surface area contributed by atoms with Crippen molar-refractivity contribution in [3.05, 3.63) is 35.9 Å². The minimum absolute atomic E-state index is 0.156. The number of nitrogens with two attached hydrogens (primary N) is 3. The molecule has 0 saturated heterocycles. The van der Waals surface area contributed by atoms with Gasteiger partial charge in [0, 0.05) is 18.6 Å². The molecule has 1 rings (SSSR count). The normalized spacial score (nSPS) is 15.6. The van der Waals surface area contributed by atoms with Gasteiger partial charge in [0.1, 0.15) is 0 Å². The second-order valence-corrected chi connectivity index (χ2v) is 2.84. The average Bonchev–Trinajstić information content (AvgIpc) is 2.17. The molecule has 0 spiro atoms. The van der Waals surface area contributed by atoms with E-state index in [1.54, 1.807) is 0 Å². The van der Waals surface area contributed by atoms with Crippen LogP contribution in [-0.2, 0) is 0 Å². The largest absolute Gasteiger partial charge is 0.329 e. The van der Waals surface area contributed by atoms with Crippen molar-refractivity contribution in [3.8, 4) is 0 Å². The zero-order chi connectivity index (χ0) is 8.97. The van der Waals surface area contributed by atoms with Crippen LogP contribution in [0.4, 0.5) is 0 Å². The number of benzene rings is 1. The third-order valence-electron chi connectivity index (χ3n) is 1.92. The van der Waals surface area contributed by atoms with Gasteiger partial charge in [-0.05, 0) is 5.56 Å². The molecule has 0 radical (unpaired) electrons. The van der Waals surface area contributed by atoms with Crippen LogP contribution in [0.2, 0.25) is 0 Å². The van der Waals surface area contributed by atoms with Crippen molar-refractivity contribution in [2.24, 2.45) is 17.2 Å². The molecular formula is C9H15N3. The van der Waals surface area contributed by atoms with E-state index in [9.17, 15) is 0 Å². The van der Waals surface area contributed by atoms with Crippen molar-refractivity contribution in [2.45, 2.75) is 12.1 Å². The monoisotopic (exact) mass is 165 g/mol. The van der Waals surface area contributed by atoms with E-state index in [1.165, 1.54) is 0 Å². The molecule has 0 aliphatic carbocycles. The summed E-state index contributed by atoms with van der Waals surface area (Å²) in [4.78, 5) is 0. The molecule has 0 aromatic heterocycles. The summed E-state index contributed by atoms with van der Waals surface area (Å²) in [6.07, 6.45) is 0. The Balaban J connectivity index is 2.71. The van der Waals surface area contributed by atoms with Crippen LogP contribution < -0.4 is 17.2 Å². The standard InChI is InChI=1S/C9H15N3/c10-6-8(11)9(12)7-4-2-1-3-5-7/h1-5,8-9H,6,10-12H2. The molecule has 2 atom stereocenters. The van der Waals surface area contributed by atoms with Crippen molar-refractivity contribution in [1.82, 2.24) is 0 Å². The van der Waals surface area contributed by atoms with E-state index in [1.807, 2.05) is 30.3 Å². The van der Waals surface area contributed by atoms with Gasteiger partial charge in [0.25, 0.3) is 0 Å². The van der Waals surface area contributed by atoms with E-state index in [2.05, 4.69) is 0 Å². The Bertz CT molecular complexity index is 222. The van der Waals surface area contributed by atoms with Gasteiger partial charge in [-0.25, -0.2) is 0 Å². The smallest absolute Gasteiger partial charge is 0.0461 e. The topological polar surface area (TPSA) is 78.1 Å². The highest BCUT2D eigenvalue weighted by molar-refractivity contribution is 5.19. The fourth-order valence-electron chi connectivity index (χ4n) is 1.07. The molecule has 1 aromatic rings. The molecule has 0 bridgehead atoms. The molecule has 3 heteroatoms. The van der Waals surface area contributed by atoms with Crippen molar-refractivity contribution in [3.63, 3.8) is 0 Å². The Morgan fingerprint density at radius 1 is 1.08 bits per heavy atom. The maximum absolute atomic E-state index is 5.84.